The first-order valence-electron chi connectivity index (χ1n) is 8.19. The topological polar surface area (TPSA) is 89.1 Å². The molecule has 2 aliphatic carbocycles. The van der Waals surface area contributed by atoms with Crippen molar-refractivity contribution < 1.29 is 9.90 Å². The minimum Gasteiger partial charge on any atom is -0.478 e. The number of rotatable bonds is 1. The molecule has 3 N–H and O–H groups in total. The molecule has 2 heterocycles. The molecule has 0 saturated carbocycles. The molecule has 6 heteroatoms. The van der Waals surface area contributed by atoms with Gasteiger partial charge in [-0.2, -0.15) is 0 Å². The molecule has 0 bridgehead atoms. The average Bonchev–Trinajstić information content (AvgIpc) is 3.04. The molecule has 0 aliphatic heterocycles. The van der Waals surface area contributed by atoms with Gasteiger partial charge in [0.05, 0.1) is 5.56 Å². The van der Waals surface area contributed by atoms with Crippen LogP contribution in [0.1, 0.15) is 52.1 Å². The Bertz CT molecular complexity index is 777. The fourth-order valence-corrected chi connectivity index (χ4v) is 3.68. The number of hydrogen-bond donors (Lipinski definition) is 2. The Morgan fingerprint density at radius 3 is 2.29 bits per heavy atom. The van der Waals surface area contributed by atoms with Gasteiger partial charge in [-0.1, -0.05) is 0 Å². The van der Waals surface area contributed by atoms with E-state index in [1.54, 1.807) is 0 Å². The number of anilines is 1. The number of hydrogen-bond acceptors (Lipinski definition) is 4. The summed E-state index contributed by atoms with van der Waals surface area (Å²) in [4.78, 5) is 18.7. The molecule has 0 saturated heterocycles. The Hall–Kier alpha value is -1.95. The Balaban J connectivity index is 0.000000150. The number of carboxylic acid groups (broad SMARTS) is 1. The molecule has 2 aromatic rings. The maximum atomic E-state index is 10.3. The van der Waals surface area contributed by atoms with Crippen molar-refractivity contribution in [2.24, 2.45) is 0 Å². The second kappa shape index (κ2) is 7.30. The Morgan fingerprint density at radius 1 is 1.04 bits per heavy atom. The van der Waals surface area contributed by atoms with Crippen LogP contribution in [0.15, 0.2) is 22.9 Å². The van der Waals surface area contributed by atoms with Crippen molar-refractivity contribution in [2.45, 2.75) is 44.9 Å². The SMILES string of the molecule is Nc1c2c(nc3c1CCC3)CCCC2.O=C(O)c1cncc(Br)c1. The lowest BCUT2D eigenvalue weighted by atomic mass is 9.92. The Kier molecular flexibility index (Phi) is 5.14. The minimum absolute atomic E-state index is 0.189. The molecule has 5 nitrogen and oxygen atoms in total. The van der Waals surface area contributed by atoms with Crippen LogP contribution < -0.4 is 5.73 Å². The van der Waals surface area contributed by atoms with Crippen LogP contribution in [0.4, 0.5) is 5.69 Å². The summed E-state index contributed by atoms with van der Waals surface area (Å²) in [7, 11) is 0. The molecular weight excluding hydrogens is 370 g/mol. The van der Waals surface area contributed by atoms with E-state index < -0.39 is 5.97 Å². The lowest BCUT2D eigenvalue weighted by Crippen LogP contribution is -2.12. The quantitative estimate of drug-likeness (QED) is 0.777. The summed E-state index contributed by atoms with van der Waals surface area (Å²) in [6.07, 6.45) is 11.3. The van der Waals surface area contributed by atoms with Gasteiger partial charge in [0.25, 0.3) is 0 Å². The van der Waals surface area contributed by atoms with Gasteiger partial charge in [0.2, 0.25) is 0 Å². The van der Waals surface area contributed by atoms with Gasteiger partial charge in [-0.05, 0) is 78.1 Å². The number of nitrogens with zero attached hydrogens (tertiary/aromatic N) is 2. The monoisotopic (exact) mass is 389 g/mol. The van der Waals surface area contributed by atoms with E-state index in [0.29, 0.717) is 4.47 Å². The predicted octanol–water partition coefficient (Wildman–Crippen LogP) is 3.57. The summed E-state index contributed by atoms with van der Waals surface area (Å²) in [5.41, 5.74) is 12.8. The molecule has 0 aromatic carbocycles. The number of fused-ring (bicyclic) bond motifs is 2. The van der Waals surface area contributed by atoms with E-state index in [-0.39, 0.29) is 5.56 Å². The van der Waals surface area contributed by atoms with Crippen LogP contribution >= 0.6 is 15.9 Å². The second-order valence-corrected chi connectivity index (χ2v) is 7.05. The highest BCUT2D eigenvalue weighted by atomic mass is 79.9. The molecule has 126 valence electrons. The number of nitrogen functional groups attached to an aromatic ring is 1. The fraction of sp³-hybridized carbons (Fsp3) is 0.389. The van der Waals surface area contributed by atoms with Crippen LogP contribution in [0.5, 0.6) is 0 Å². The first-order chi connectivity index (χ1) is 11.6. The summed E-state index contributed by atoms with van der Waals surface area (Å²) < 4.78 is 0.674. The van der Waals surface area contributed by atoms with E-state index in [4.69, 9.17) is 15.8 Å². The predicted molar refractivity (Wildman–Crippen MR) is 96.2 cm³/mol. The number of aryl methyl sites for hydroxylation is 2. The third-order valence-corrected chi connectivity index (χ3v) is 4.93. The highest BCUT2D eigenvalue weighted by Gasteiger charge is 2.22. The third-order valence-electron chi connectivity index (χ3n) is 4.50. The average molecular weight is 390 g/mol. The summed E-state index contributed by atoms with van der Waals surface area (Å²) in [5, 5.41) is 8.45. The third kappa shape index (κ3) is 3.59. The molecule has 0 unspecified atom stereocenters. The van der Waals surface area contributed by atoms with Gasteiger partial charge in [0.15, 0.2) is 0 Å². The molecule has 0 radical (unpaired) electrons. The van der Waals surface area contributed by atoms with Crippen LogP contribution in [-0.2, 0) is 25.7 Å². The summed E-state index contributed by atoms with van der Waals surface area (Å²) >= 11 is 3.10. The number of halogens is 1. The highest BCUT2D eigenvalue weighted by Crippen LogP contribution is 2.33. The van der Waals surface area contributed by atoms with Gasteiger partial charge in [0.1, 0.15) is 0 Å². The largest absolute Gasteiger partial charge is 0.478 e. The number of carboxylic acids is 1. The zero-order valence-electron chi connectivity index (χ0n) is 13.4. The molecule has 0 fully saturated rings. The standard InChI is InChI=1S/C12H16N2.C6H4BrNO2/c13-12-8-4-1-2-6-10(8)14-11-7-3-5-9(11)12;7-5-1-4(6(9)10)2-8-3-5/h1-7H2,(H2,13,14);1-3H,(H,9,10). The lowest BCUT2D eigenvalue weighted by molar-refractivity contribution is 0.0696. The Labute approximate surface area is 149 Å². The minimum atomic E-state index is -0.964. The molecule has 0 atom stereocenters. The summed E-state index contributed by atoms with van der Waals surface area (Å²) in [5.74, 6) is -0.964. The lowest BCUT2D eigenvalue weighted by Gasteiger charge is -2.19. The van der Waals surface area contributed by atoms with Gasteiger partial charge in [-0.25, -0.2) is 4.79 Å². The summed E-state index contributed by atoms with van der Waals surface area (Å²) in [6, 6.07) is 1.50. The van der Waals surface area contributed by atoms with Crippen molar-refractivity contribution in [3.8, 4) is 0 Å². The second-order valence-electron chi connectivity index (χ2n) is 6.13. The molecular formula is C18H20BrN3O2. The number of aromatic nitrogens is 2. The maximum Gasteiger partial charge on any atom is 0.337 e. The van der Waals surface area contributed by atoms with E-state index >= 15 is 0 Å². The smallest absolute Gasteiger partial charge is 0.337 e. The molecule has 0 spiro atoms. The number of nitrogens with two attached hydrogens (primary N) is 1. The van der Waals surface area contributed by atoms with E-state index in [1.165, 1.54) is 60.2 Å². The molecule has 0 amide bonds. The fourth-order valence-electron chi connectivity index (χ4n) is 3.32. The van der Waals surface area contributed by atoms with Crippen LogP contribution in [0, 0.1) is 0 Å². The van der Waals surface area contributed by atoms with Crippen molar-refractivity contribution in [1.82, 2.24) is 9.97 Å². The van der Waals surface area contributed by atoms with Crippen molar-refractivity contribution in [3.05, 3.63) is 51.0 Å². The number of carbonyl (C=O) groups is 1. The normalized spacial score (nSPS) is 15.0. The molecule has 24 heavy (non-hydrogen) atoms. The Morgan fingerprint density at radius 2 is 1.67 bits per heavy atom. The summed E-state index contributed by atoms with van der Waals surface area (Å²) in [6.45, 7) is 0. The van der Waals surface area contributed by atoms with Crippen LogP contribution in [0.3, 0.4) is 0 Å². The first kappa shape index (κ1) is 16.9. The highest BCUT2D eigenvalue weighted by molar-refractivity contribution is 9.10. The van der Waals surface area contributed by atoms with Crippen molar-refractivity contribution in [2.75, 3.05) is 5.73 Å². The first-order valence-corrected chi connectivity index (χ1v) is 8.98. The maximum absolute atomic E-state index is 10.3. The number of aromatic carboxylic acids is 1. The van der Waals surface area contributed by atoms with Gasteiger partial charge < -0.3 is 10.8 Å². The van der Waals surface area contributed by atoms with Crippen LogP contribution in [0.25, 0.3) is 0 Å². The molecule has 2 aliphatic rings. The van der Waals surface area contributed by atoms with Crippen LogP contribution in [0.2, 0.25) is 0 Å². The van der Waals surface area contributed by atoms with Gasteiger partial charge in [0, 0.05) is 33.9 Å². The van der Waals surface area contributed by atoms with Gasteiger partial charge in [-0.15, -0.1) is 0 Å². The zero-order valence-corrected chi connectivity index (χ0v) is 15.0. The van der Waals surface area contributed by atoms with E-state index in [0.717, 1.165) is 31.4 Å². The van der Waals surface area contributed by atoms with Gasteiger partial charge in [-0.3, -0.25) is 9.97 Å². The number of pyridine rings is 2. The van der Waals surface area contributed by atoms with Crippen LogP contribution in [-0.4, -0.2) is 21.0 Å². The molecule has 4 rings (SSSR count). The van der Waals surface area contributed by atoms with Gasteiger partial charge >= 0.3 is 5.97 Å². The molecule has 2 aromatic heterocycles. The van der Waals surface area contributed by atoms with Crippen molar-refractivity contribution >= 4 is 27.6 Å². The van der Waals surface area contributed by atoms with Crippen molar-refractivity contribution in [3.63, 3.8) is 0 Å². The zero-order chi connectivity index (χ0) is 17.1. The van der Waals surface area contributed by atoms with E-state index in [2.05, 4.69) is 20.9 Å². The van der Waals surface area contributed by atoms with E-state index in [1.807, 2.05) is 0 Å². The van der Waals surface area contributed by atoms with Crippen molar-refractivity contribution in [1.29, 1.82) is 0 Å². The van der Waals surface area contributed by atoms with E-state index in [9.17, 15) is 4.79 Å².